The Morgan fingerprint density at radius 3 is 2.85 bits per heavy atom. The molecule has 5 heteroatoms. The van der Waals surface area contributed by atoms with Crippen molar-refractivity contribution in [3.05, 3.63) is 23.8 Å². The lowest BCUT2D eigenvalue weighted by Gasteiger charge is -2.30. The maximum atomic E-state index is 12.1. The molecule has 2 rings (SSSR count). The van der Waals surface area contributed by atoms with E-state index in [9.17, 15) is 4.79 Å². The second-order valence-electron chi connectivity index (χ2n) is 5.33. The van der Waals surface area contributed by atoms with Crippen molar-refractivity contribution in [3.63, 3.8) is 0 Å². The van der Waals surface area contributed by atoms with Crippen molar-refractivity contribution in [1.82, 2.24) is 4.90 Å². The topological polar surface area (TPSA) is 67.6 Å². The first-order valence-electron chi connectivity index (χ1n) is 7.01. The number of benzene rings is 1. The van der Waals surface area contributed by atoms with Crippen LogP contribution in [0, 0.1) is 6.92 Å². The lowest BCUT2D eigenvalue weighted by molar-refractivity contribution is -0.118. The summed E-state index contributed by atoms with van der Waals surface area (Å²) in [4.78, 5) is 14.2. The molecule has 0 unspecified atom stereocenters. The number of hydrogen-bond acceptors (Lipinski definition) is 4. The molecular weight excluding hydrogens is 254 g/mol. The molecule has 0 spiro atoms. The Labute approximate surface area is 120 Å². The highest BCUT2D eigenvalue weighted by molar-refractivity contribution is 5.93. The van der Waals surface area contributed by atoms with Crippen LogP contribution in [-0.4, -0.2) is 43.7 Å². The second kappa shape index (κ2) is 6.72. The zero-order valence-corrected chi connectivity index (χ0v) is 12.2. The minimum absolute atomic E-state index is 0.00677. The predicted molar refractivity (Wildman–Crippen MR) is 80.7 cm³/mol. The van der Waals surface area contributed by atoms with Gasteiger partial charge < -0.3 is 15.8 Å². The minimum Gasteiger partial charge on any atom is -0.398 e. The van der Waals surface area contributed by atoms with Crippen molar-refractivity contribution in [2.75, 3.05) is 37.9 Å². The first kappa shape index (κ1) is 14.8. The average molecular weight is 277 g/mol. The highest BCUT2D eigenvalue weighted by atomic mass is 16.5. The Morgan fingerprint density at radius 2 is 2.15 bits per heavy atom. The van der Waals surface area contributed by atoms with Gasteiger partial charge in [-0.3, -0.25) is 9.69 Å². The summed E-state index contributed by atoms with van der Waals surface area (Å²) in [6.07, 6.45) is 1.97. The fourth-order valence-electron chi connectivity index (χ4n) is 2.46. The van der Waals surface area contributed by atoms with E-state index in [0.717, 1.165) is 37.3 Å². The third-order valence-electron chi connectivity index (χ3n) is 3.86. The summed E-state index contributed by atoms with van der Waals surface area (Å²) in [7, 11) is 1.99. The third kappa shape index (κ3) is 3.71. The third-order valence-corrected chi connectivity index (χ3v) is 3.86. The van der Waals surface area contributed by atoms with Crippen molar-refractivity contribution < 1.29 is 9.53 Å². The van der Waals surface area contributed by atoms with E-state index in [4.69, 9.17) is 10.5 Å². The molecule has 110 valence electrons. The number of nitrogens with zero attached hydrogens (tertiary/aromatic N) is 1. The molecule has 20 heavy (non-hydrogen) atoms. The molecule has 1 aromatic rings. The van der Waals surface area contributed by atoms with Crippen LogP contribution in [0.1, 0.15) is 18.4 Å². The van der Waals surface area contributed by atoms with Gasteiger partial charge in [0.1, 0.15) is 0 Å². The molecule has 0 aromatic heterocycles. The lowest BCUT2D eigenvalue weighted by Crippen LogP contribution is -2.41. The number of ether oxygens (including phenoxy) is 1. The molecule has 0 aliphatic carbocycles. The number of nitrogen functional groups attached to an aromatic ring is 1. The highest BCUT2D eigenvalue weighted by Crippen LogP contribution is 2.20. The van der Waals surface area contributed by atoms with E-state index in [0.29, 0.717) is 18.3 Å². The van der Waals surface area contributed by atoms with Crippen LogP contribution >= 0.6 is 0 Å². The van der Waals surface area contributed by atoms with E-state index >= 15 is 0 Å². The van der Waals surface area contributed by atoms with Crippen molar-refractivity contribution >= 4 is 17.3 Å². The Morgan fingerprint density at radius 1 is 1.45 bits per heavy atom. The van der Waals surface area contributed by atoms with Gasteiger partial charge in [-0.1, -0.05) is 6.07 Å². The molecule has 0 atom stereocenters. The van der Waals surface area contributed by atoms with Crippen LogP contribution in [0.3, 0.4) is 0 Å². The maximum Gasteiger partial charge on any atom is 0.238 e. The largest absolute Gasteiger partial charge is 0.398 e. The van der Waals surface area contributed by atoms with Crippen LogP contribution in [-0.2, 0) is 9.53 Å². The van der Waals surface area contributed by atoms with Crippen LogP contribution in [0.15, 0.2) is 18.2 Å². The molecule has 3 N–H and O–H groups in total. The van der Waals surface area contributed by atoms with Crippen LogP contribution in [0.2, 0.25) is 0 Å². The van der Waals surface area contributed by atoms with Gasteiger partial charge in [-0.2, -0.15) is 0 Å². The van der Waals surface area contributed by atoms with Gasteiger partial charge in [0.05, 0.1) is 6.54 Å². The summed E-state index contributed by atoms with van der Waals surface area (Å²) in [5.41, 5.74) is 8.23. The van der Waals surface area contributed by atoms with Crippen molar-refractivity contribution in [2.24, 2.45) is 0 Å². The molecule has 1 aliphatic heterocycles. The number of carbonyl (C=O) groups excluding carboxylic acids is 1. The van der Waals surface area contributed by atoms with E-state index in [1.165, 1.54) is 0 Å². The Kier molecular flexibility index (Phi) is 4.98. The van der Waals surface area contributed by atoms with Gasteiger partial charge in [-0.15, -0.1) is 0 Å². The van der Waals surface area contributed by atoms with Crippen LogP contribution in [0.4, 0.5) is 11.4 Å². The van der Waals surface area contributed by atoms with E-state index in [1.807, 2.05) is 32.2 Å². The zero-order valence-electron chi connectivity index (χ0n) is 12.2. The van der Waals surface area contributed by atoms with E-state index in [2.05, 4.69) is 10.2 Å². The highest BCUT2D eigenvalue weighted by Gasteiger charge is 2.20. The molecule has 0 radical (unpaired) electrons. The quantitative estimate of drug-likeness (QED) is 0.821. The SMILES string of the molecule is Cc1c(N)cccc1NC(=O)CN(C)C1CCOCC1. The van der Waals surface area contributed by atoms with Crippen molar-refractivity contribution in [2.45, 2.75) is 25.8 Å². The molecule has 1 aromatic carbocycles. The molecule has 0 bridgehead atoms. The summed E-state index contributed by atoms with van der Waals surface area (Å²) in [5, 5.41) is 2.93. The van der Waals surface area contributed by atoms with Gasteiger partial charge in [0.25, 0.3) is 0 Å². The number of likely N-dealkylation sites (N-methyl/N-ethyl adjacent to an activating group) is 1. The Hall–Kier alpha value is -1.59. The van der Waals surface area contributed by atoms with Gasteiger partial charge in [0, 0.05) is 30.6 Å². The maximum absolute atomic E-state index is 12.1. The summed E-state index contributed by atoms with van der Waals surface area (Å²) >= 11 is 0. The van der Waals surface area contributed by atoms with E-state index < -0.39 is 0 Å². The molecule has 5 nitrogen and oxygen atoms in total. The number of rotatable bonds is 4. The summed E-state index contributed by atoms with van der Waals surface area (Å²) < 4.78 is 5.34. The summed E-state index contributed by atoms with van der Waals surface area (Å²) in [5.74, 6) is -0.00677. The summed E-state index contributed by atoms with van der Waals surface area (Å²) in [6.45, 7) is 3.86. The second-order valence-corrected chi connectivity index (χ2v) is 5.33. The van der Waals surface area contributed by atoms with Crippen LogP contribution < -0.4 is 11.1 Å². The monoisotopic (exact) mass is 277 g/mol. The molecule has 1 amide bonds. The molecular formula is C15H23N3O2. The molecule has 1 heterocycles. The van der Waals surface area contributed by atoms with E-state index in [1.54, 1.807) is 0 Å². The van der Waals surface area contributed by atoms with Crippen LogP contribution in [0.25, 0.3) is 0 Å². The van der Waals surface area contributed by atoms with Gasteiger partial charge in [-0.25, -0.2) is 0 Å². The summed E-state index contributed by atoms with van der Waals surface area (Å²) in [6, 6.07) is 5.98. The number of anilines is 2. The molecule has 1 fully saturated rings. The first-order chi connectivity index (χ1) is 9.58. The fraction of sp³-hybridized carbons (Fsp3) is 0.533. The standard InChI is InChI=1S/C15H23N3O2/c1-11-13(16)4-3-5-14(11)17-15(19)10-18(2)12-6-8-20-9-7-12/h3-5,12H,6-10,16H2,1-2H3,(H,17,19). The van der Waals surface area contributed by atoms with Gasteiger partial charge in [-0.05, 0) is 44.5 Å². The van der Waals surface area contributed by atoms with Gasteiger partial charge >= 0.3 is 0 Å². The number of hydrogen-bond donors (Lipinski definition) is 2. The number of nitrogens with one attached hydrogen (secondary N) is 1. The van der Waals surface area contributed by atoms with Crippen molar-refractivity contribution in [1.29, 1.82) is 0 Å². The smallest absolute Gasteiger partial charge is 0.238 e. The molecule has 1 aliphatic rings. The van der Waals surface area contributed by atoms with Gasteiger partial charge in [0.15, 0.2) is 0 Å². The molecule has 0 saturated carbocycles. The fourth-order valence-corrected chi connectivity index (χ4v) is 2.46. The first-order valence-corrected chi connectivity index (χ1v) is 7.01. The Bertz CT molecular complexity index is 470. The number of nitrogens with two attached hydrogens (primary N) is 1. The number of carbonyl (C=O) groups is 1. The van der Waals surface area contributed by atoms with Gasteiger partial charge in [0.2, 0.25) is 5.91 Å². The lowest BCUT2D eigenvalue weighted by atomic mass is 10.1. The minimum atomic E-state index is -0.00677. The van der Waals surface area contributed by atoms with Crippen molar-refractivity contribution in [3.8, 4) is 0 Å². The normalized spacial score (nSPS) is 16.4. The number of amides is 1. The molecule has 1 saturated heterocycles. The van der Waals surface area contributed by atoms with E-state index in [-0.39, 0.29) is 5.91 Å². The predicted octanol–water partition coefficient (Wildman–Crippen LogP) is 1.63. The van der Waals surface area contributed by atoms with Crippen LogP contribution in [0.5, 0.6) is 0 Å². The zero-order chi connectivity index (χ0) is 14.5. The average Bonchev–Trinajstić information content (AvgIpc) is 2.45. The Balaban J connectivity index is 1.90.